The van der Waals surface area contributed by atoms with E-state index in [1.165, 1.54) is 35.9 Å². The van der Waals surface area contributed by atoms with Crippen LogP contribution in [0.3, 0.4) is 0 Å². The molecule has 0 saturated heterocycles. The minimum atomic E-state index is 1.04. The van der Waals surface area contributed by atoms with Crippen molar-refractivity contribution in [2.45, 2.75) is 13.8 Å². The second-order valence-electron chi connectivity index (χ2n) is 6.47. The Balaban J connectivity index is 1.56. The fourth-order valence-corrected chi connectivity index (χ4v) is 5.27. The Hall–Kier alpha value is -2.63. The lowest BCUT2D eigenvalue weighted by atomic mass is 10.2. The van der Waals surface area contributed by atoms with Gasteiger partial charge in [0.25, 0.3) is 0 Å². The smallest absolute Gasteiger partial charge is 0.0837 e. The molecule has 0 aliphatic rings. The molecule has 0 spiro atoms. The van der Waals surface area contributed by atoms with Crippen molar-refractivity contribution in [1.29, 1.82) is 0 Å². The lowest BCUT2D eigenvalue weighted by Gasteiger charge is -2.07. The highest BCUT2D eigenvalue weighted by Crippen LogP contribution is 2.40. The number of aryl methyl sites for hydroxylation is 2. The molecule has 128 valence electrons. The van der Waals surface area contributed by atoms with Crippen LogP contribution in [-0.4, -0.2) is 9.97 Å². The molecule has 5 rings (SSSR count). The Morgan fingerprint density at radius 2 is 1.85 bits per heavy atom. The monoisotopic (exact) mass is 375 g/mol. The molecular formula is C21H17N3S2. The lowest BCUT2D eigenvalue weighted by Crippen LogP contribution is -1.90. The molecule has 1 aromatic carbocycles. The van der Waals surface area contributed by atoms with Gasteiger partial charge in [0, 0.05) is 43.1 Å². The predicted octanol–water partition coefficient (Wildman–Crippen LogP) is 6.87. The molecule has 0 aliphatic carbocycles. The molecule has 2 N–H and O–H groups in total. The van der Waals surface area contributed by atoms with Crippen LogP contribution in [0.2, 0.25) is 0 Å². The molecule has 0 amide bonds. The highest BCUT2D eigenvalue weighted by atomic mass is 32.1. The van der Waals surface area contributed by atoms with E-state index in [0.717, 1.165) is 16.9 Å². The summed E-state index contributed by atoms with van der Waals surface area (Å²) in [4.78, 5) is 11.8. The van der Waals surface area contributed by atoms with Gasteiger partial charge < -0.3 is 10.3 Å². The van der Waals surface area contributed by atoms with Gasteiger partial charge >= 0.3 is 0 Å². The van der Waals surface area contributed by atoms with Crippen molar-refractivity contribution in [3.8, 4) is 9.75 Å². The Kier molecular flexibility index (Phi) is 3.58. The van der Waals surface area contributed by atoms with Gasteiger partial charge in [-0.05, 0) is 62.4 Å². The van der Waals surface area contributed by atoms with Crippen LogP contribution in [0.4, 0.5) is 11.4 Å². The third kappa shape index (κ3) is 2.69. The summed E-state index contributed by atoms with van der Waals surface area (Å²) in [6.07, 6.45) is 1.87. The molecule has 5 heteroatoms. The Morgan fingerprint density at radius 3 is 2.69 bits per heavy atom. The number of anilines is 2. The van der Waals surface area contributed by atoms with Gasteiger partial charge in [-0.1, -0.05) is 0 Å². The third-order valence-electron chi connectivity index (χ3n) is 4.43. The van der Waals surface area contributed by atoms with E-state index in [0.29, 0.717) is 0 Å². The first kappa shape index (κ1) is 15.6. The van der Waals surface area contributed by atoms with Crippen molar-refractivity contribution in [2.75, 3.05) is 5.32 Å². The molecule has 0 unspecified atom stereocenters. The molecule has 0 radical (unpaired) electrons. The number of hydrogen-bond donors (Lipinski definition) is 2. The molecule has 5 aromatic rings. The van der Waals surface area contributed by atoms with Crippen LogP contribution in [0, 0.1) is 13.8 Å². The highest BCUT2D eigenvalue weighted by molar-refractivity contribution is 7.26. The molecule has 0 atom stereocenters. The summed E-state index contributed by atoms with van der Waals surface area (Å²) >= 11 is 3.62. The number of aromatic nitrogens is 2. The largest absolute Gasteiger partial charge is 0.359 e. The van der Waals surface area contributed by atoms with E-state index in [2.05, 4.69) is 77.7 Å². The molecule has 4 heterocycles. The number of benzene rings is 1. The Bertz CT molecular complexity index is 1240. The molecule has 0 saturated carbocycles. The summed E-state index contributed by atoms with van der Waals surface area (Å²) in [7, 11) is 0. The Morgan fingerprint density at radius 1 is 0.923 bits per heavy atom. The minimum absolute atomic E-state index is 1.04. The van der Waals surface area contributed by atoms with Gasteiger partial charge in [0.15, 0.2) is 0 Å². The fourth-order valence-electron chi connectivity index (χ4n) is 3.24. The van der Waals surface area contributed by atoms with E-state index >= 15 is 0 Å². The van der Waals surface area contributed by atoms with Gasteiger partial charge in [-0.15, -0.1) is 22.7 Å². The van der Waals surface area contributed by atoms with Crippen molar-refractivity contribution < 1.29 is 0 Å². The summed E-state index contributed by atoms with van der Waals surface area (Å²) in [5.74, 6) is 0. The Labute approximate surface area is 159 Å². The number of fused-ring (bicyclic) bond motifs is 2. The van der Waals surface area contributed by atoms with E-state index in [1.807, 2.05) is 17.5 Å². The topological polar surface area (TPSA) is 40.7 Å². The fraction of sp³-hybridized carbons (Fsp3) is 0.0952. The van der Waals surface area contributed by atoms with Gasteiger partial charge in [-0.3, -0.25) is 4.98 Å². The van der Waals surface area contributed by atoms with Crippen molar-refractivity contribution in [2.24, 2.45) is 0 Å². The standard InChI is InChI=1S/C21H17N3S2/c1-12-9-14-10-15(4-5-16(14)23-12)24-17-7-8-22-18-11-20(26-21(17)18)19-6-3-13(2)25-19/h3-11,23H,1-2H3,(H,22,24). The van der Waals surface area contributed by atoms with Crippen molar-refractivity contribution in [3.63, 3.8) is 0 Å². The highest BCUT2D eigenvalue weighted by Gasteiger charge is 2.11. The summed E-state index contributed by atoms with van der Waals surface area (Å²) in [6.45, 7) is 4.23. The number of hydrogen-bond acceptors (Lipinski definition) is 4. The molecule has 0 fully saturated rings. The molecule has 4 aromatic heterocycles. The number of nitrogens with one attached hydrogen (secondary N) is 2. The van der Waals surface area contributed by atoms with E-state index < -0.39 is 0 Å². The molecule has 0 bridgehead atoms. The van der Waals surface area contributed by atoms with Gasteiger partial charge in [0.2, 0.25) is 0 Å². The lowest BCUT2D eigenvalue weighted by molar-refractivity contribution is 1.30. The maximum absolute atomic E-state index is 4.56. The normalized spacial score (nSPS) is 11.5. The first-order chi connectivity index (χ1) is 12.7. The van der Waals surface area contributed by atoms with Crippen LogP contribution in [0.1, 0.15) is 10.6 Å². The second-order valence-corrected chi connectivity index (χ2v) is 8.81. The number of rotatable bonds is 3. The first-order valence-electron chi connectivity index (χ1n) is 8.47. The van der Waals surface area contributed by atoms with Crippen LogP contribution in [-0.2, 0) is 0 Å². The predicted molar refractivity (Wildman–Crippen MR) is 114 cm³/mol. The summed E-state index contributed by atoms with van der Waals surface area (Å²) in [5.41, 5.74) is 5.58. The minimum Gasteiger partial charge on any atom is -0.359 e. The number of pyridine rings is 1. The maximum Gasteiger partial charge on any atom is 0.0837 e. The molecule has 26 heavy (non-hydrogen) atoms. The van der Waals surface area contributed by atoms with Crippen molar-refractivity contribution in [1.82, 2.24) is 9.97 Å². The van der Waals surface area contributed by atoms with E-state index in [-0.39, 0.29) is 0 Å². The number of H-pyrrole nitrogens is 1. The average Bonchev–Trinajstić information content (AvgIpc) is 3.31. The van der Waals surface area contributed by atoms with Gasteiger partial charge in [0.1, 0.15) is 0 Å². The van der Waals surface area contributed by atoms with E-state index in [9.17, 15) is 0 Å². The summed E-state index contributed by atoms with van der Waals surface area (Å²) in [6, 6.07) is 17.2. The van der Waals surface area contributed by atoms with E-state index in [4.69, 9.17) is 0 Å². The van der Waals surface area contributed by atoms with Crippen LogP contribution >= 0.6 is 22.7 Å². The SMILES string of the molecule is Cc1cc2cc(Nc3ccnc4cc(-c5ccc(C)s5)sc34)ccc2[nH]1. The number of thiophene rings is 2. The van der Waals surface area contributed by atoms with Crippen LogP contribution in [0.5, 0.6) is 0 Å². The molecule has 0 aliphatic heterocycles. The van der Waals surface area contributed by atoms with Crippen LogP contribution in [0.25, 0.3) is 30.9 Å². The van der Waals surface area contributed by atoms with Crippen molar-refractivity contribution in [3.05, 3.63) is 65.3 Å². The first-order valence-corrected chi connectivity index (χ1v) is 10.1. The zero-order valence-electron chi connectivity index (χ0n) is 14.5. The van der Waals surface area contributed by atoms with Gasteiger partial charge in [-0.25, -0.2) is 0 Å². The maximum atomic E-state index is 4.56. The van der Waals surface area contributed by atoms with Crippen LogP contribution in [0.15, 0.2) is 54.7 Å². The average molecular weight is 376 g/mol. The molecular weight excluding hydrogens is 358 g/mol. The van der Waals surface area contributed by atoms with Gasteiger partial charge in [-0.2, -0.15) is 0 Å². The van der Waals surface area contributed by atoms with Crippen LogP contribution < -0.4 is 5.32 Å². The zero-order valence-corrected chi connectivity index (χ0v) is 16.1. The summed E-state index contributed by atoms with van der Waals surface area (Å²) < 4.78 is 1.19. The van der Waals surface area contributed by atoms with Gasteiger partial charge in [0.05, 0.1) is 15.9 Å². The second kappa shape index (κ2) is 5.97. The summed E-state index contributed by atoms with van der Waals surface area (Å²) in [5, 5.41) is 4.80. The van der Waals surface area contributed by atoms with E-state index in [1.54, 1.807) is 11.3 Å². The zero-order chi connectivity index (χ0) is 17.7. The quantitative estimate of drug-likeness (QED) is 0.361. The van der Waals surface area contributed by atoms with Crippen molar-refractivity contribution >= 4 is 55.2 Å². The number of nitrogens with zero attached hydrogens (tertiary/aromatic N) is 1. The third-order valence-corrected chi connectivity index (χ3v) is 6.78. The number of aromatic amines is 1. The molecule has 3 nitrogen and oxygen atoms in total.